The third-order valence-electron chi connectivity index (χ3n) is 3.27. The molecule has 0 saturated heterocycles. The van der Waals surface area contributed by atoms with E-state index in [1.54, 1.807) is 6.07 Å². The van der Waals surface area contributed by atoms with Crippen LogP contribution in [0.4, 0.5) is 0 Å². The number of hydrogen-bond acceptors (Lipinski definition) is 4. The van der Waals surface area contributed by atoms with E-state index in [9.17, 15) is 4.79 Å². The summed E-state index contributed by atoms with van der Waals surface area (Å²) in [5, 5.41) is 3.31. The molecule has 3 N–H and O–H groups in total. The molecule has 0 radical (unpaired) electrons. The first-order valence-electron chi connectivity index (χ1n) is 6.89. The molecule has 2 aromatic rings. The monoisotopic (exact) mass is 284 g/mol. The standard InChI is InChI=1S/C17H20N2O2/c1-21-17(20)15-9-5-6-13(10-15)11-19-12-16(18)14-7-3-2-4-8-14/h2-10,16,19H,11-12,18H2,1H3/t16-/m0/s1. The number of benzene rings is 2. The predicted octanol–water partition coefficient (Wildman–Crippen LogP) is 2.26. The van der Waals surface area contributed by atoms with Gasteiger partial charge in [-0.05, 0) is 23.3 Å². The maximum Gasteiger partial charge on any atom is 0.337 e. The average Bonchev–Trinajstić information content (AvgIpc) is 2.55. The summed E-state index contributed by atoms with van der Waals surface area (Å²) in [4.78, 5) is 11.5. The molecule has 0 fully saturated rings. The summed E-state index contributed by atoms with van der Waals surface area (Å²) in [5.74, 6) is -0.321. The van der Waals surface area contributed by atoms with E-state index in [-0.39, 0.29) is 12.0 Å². The summed E-state index contributed by atoms with van der Waals surface area (Å²) < 4.78 is 4.71. The van der Waals surface area contributed by atoms with E-state index in [0.29, 0.717) is 18.7 Å². The van der Waals surface area contributed by atoms with Crippen LogP contribution in [-0.2, 0) is 11.3 Å². The molecule has 0 unspecified atom stereocenters. The molecule has 0 spiro atoms. The molecule has 0 aliphatic carbocycles. The minimum absolute atomic E-state index is 0.0463. The number of nitrogens with two attached hydrogens (primary N) is 1. The van der Waals surface area contributed by atoms with Crippen LogP contribution in [-0.4, -0.2) is 19.6 Å². The van der Waals surface area contributed by atoms with Gasteiger partial charge in [-0.3, -0.25) is 0 Å². The summed E-state index contributed by atoms with van der Waals surface area (Å²) in [6, 6.07) is 17.3. The molecule has 4 heteroatoms. The molecule has 2 aromatic carbocycles. The zero-order valence-electron chi connectivity index (χ0n) is 12.1. The third kappa shape index (κ3) is 4.41. The van der Waals surface area contributed by atoms with Crippen molar-refractivity contribution in [2.75, 3.05) is 13.7 Å². The van der Waals surface area contributed by atoms with Crippen LogP contribution in [0.3, 0.4) is 0 Å². The molecule has 4 nitrogen and oxygen atoms in total. The molecule has 0 aliphatic rings. The summed E-state index contributed by atoms with van der Waals surface area (Å²) >= 11 is 0. The lowest BCUT2D eigenvalue weighted by Crippen LogP contribution is -2.26. The second-order valence-corrected chi connectivity index (χ2v) is 4.84. The van der Waals surface area contributed by atoms with Gasteiger partial charge in [0.2, 0.25) is 0 Å². The zero-order valence-corrected chi connectivity index (χ0v) is 12.1. The summed E-state index contributed by atoms with van der Waals surface area (Å²) in [5.41, 5.74) is 8.81. The number of hydrogen-bond donors (Lipinski definition) is 2. The summed E-state index contributed by atoms with van der Waals surface area (Å²) in [6.07, 6.45) is 0. The lowest BCUT2D eigenvalue weighted by atomic mass is 10.1. The Balaban J connectivity index is 1.87. The van der Waals surface area contributed by atoms with Gasteiger partial charge in [-0.2, -0.15) is 0 Å². The lowest BCUT2D eigenvalue weighted by Gasteiger charge is -2.13. The van der Waals surface area contributed by atoms with Gasteiger partial charge in [-0.15, -0.1) is 0 Å². The van der Waals surface area contributed by atoms with Gasteiger partial charge in [0.25, 0.3) is 0 Å². The highest BCUT2D eigenvalue weighted by molar-refractivity contribution is 5.89. The zero-order chi connectivity index (χ0) is 15.1. The Morgan fingerprint density at radius 3 is 2.67 bits per heavy atom. The molecule has 1 atom stereocenters. The molecule has 0 bridgehead atoms. The molecular formula is C17H20N2O2. The molecule has 0 saturated carbocycles. The smallest absolute Gasteiger partial charge is 0.337 e. The Morgan fingerprint density at radius 1 is 1.19 bits per heavy atom. The van der Waals surface area contributed by atoms with E-state index in [1.807, 2.05) is 48.5 Å². The first kappa shape index (κ1) is 15.2. The van der Waals surface area contributed by atoms with Gasteiger partial charge in [0.05, 0.1) is 12.7 Å². The van der Waals surface area contributed by atoms with Crippen LogP contribution in [0.1, 0.15) is 27.5 Å². The van der Waals surface area contributed by atoms with Gasteiger partial charge in [0.1, 0.15) is 0 Å². The average molecular weight is 284 g/mol. The first-order valence-corrected chi connectivity index (χ1v) is 6.89. The van der Waals surface area contributed by atoms with E-state index < -0.39 is 0 Å². The highest BCUT2D eigenvalue weighted by Gasteiger charge is 2.07. The molecule has 2 rings (SSSR count). The van der Waals surface area contributed by atoms with Crippen molar-refractivity contribution < 1.29 is 9.53 Å². The Hall–Kier alpha value is -2.17. The number of methoxy groups -OCH3 is 1. The Labute approximate surface area is 124 Å². The fraction of sp³-hybridized carbons (Fsp3) is 0.235. The largest absolute Gasteiger partial charge is 0.465 e. The van der Waals surface area contributed by atoms with E-state index in [1.165, 1.54) is 7.11 Å². The quantitative estimate of drug-likeness (QED) is 0.799. The topological polar surface area (TPSA) is 64.3 Å². The minimum atomic E-state index is -0.321. The number of ether oxygens (including phenoxy) is 1. The third-order valence-corrected chi connectivity index (χ3v) is 3.27. The number of esters is 1. The van der Waals surface area contributed by atoms with Crippen molar-refractivity contribution in [1.82, 2.24) is 5.32 Å². The fourth-order valence-electron chi connectivity index (χ4n) is 2.12. The second-order valence-electron chi connectivity index (χ2n) is 4.84. The molecule has 0 amide bonds. The van der Waals surface area contributed by atoms with Crippen LogP contribution in [0.15, 0.2) is 54.6 Å². The molecule has 0 heterocycles. The van der Waals surface area contributed by atoms with Crippen molar-refractivity contribution in [2.45, 2.75) is 12.6 Å². The SMILES string of the molecule is COC(=O)c1cccc(CNC[C@H](N)c2ccccc2)c1. The highest BCUT2D eigenvalue weighted by atomic mass is 16.5. The molecule has 110 valence electrons. The molecule has 0 aromatic heterocycles. The summed E-state index contributed by atoms with van der Waals surface area (Å²) in [6.45, 7) is 1.33. The van der Waals surface area contributed by atoms with Crippen LogP contribution >= 0.6 is 0 Å². The van der Waals surface area contributed by atoms with Gasteiger partial charge in [-0.25, -0.2) is 4.79 Å². The number of carbonyl (C=O) groups is 1. The normalized spacial score (nSPS) is 11.9. The van der Waals surface area contributed by atoms with E-state index in [0.717, 1.165) is 11.1 Å². The van der Waals surface area contributed by atoms with Crippen molar-refractivity contribution in [2.24, 2.45) is 5.73 Å². The summed E-state index contributed by atoms with van der Waals surface area (Å²) in [7, 11) is 1.38. The van der Waals surface area contributed by atoms with Crippen molar-refractivity contribution in [3.05, 3.63) is 71.3 Å². The van der Waals surface area contributed by atoms with E-state index in [2.05, 4.69) is 5.32 Å². The van der Waals surface area contributed by atoms with Crippen LogP contribution in [0.25, 0.3) is 0 Å². The molecule has 0 aliphatic heterocycles. The number of rotatable bonds is 6. The van der Waals surface area contributed by atoms with Gasteiger partial charge < -0.3 is 15.8 Å². The van der Waals surface area contributed by atoms with Crippen LogP contribution in [0.5, 0.6) is 0 Å². The Kier molecular flexibility index (Phi) is 5.49. The van der Waals surface area contributed by atoms with Gasteiger partial charge in [-0.1, -0.05) is 42.5 Å². The van der Waals surface area contributed by atoms with Crippen molar-refractivity contribution in [1.29, 1.82) is 0 Å². The lowest BCUT2D eigenvalue weighted by molar-refractivity contribution is 0.0600. The maximum absolute atomic E-state index is 11.5. The number of nitrogens with one attached hydrogen (secondary N) is 1. The van der Waals surface area contributed by atoms with Crippen LogP contribution in [0, 0.1) is 0 Å². The number of carbonyl (C=O) groups excluding carboxylic acids is 1. The van der Waals surface area contributed by atoms with Crippen LogP contribution < -0.4 is 11.1 Å². The van der Waals surface area contributed by atoms with Gasteiger partial charge >= 0.3 is 5.97 Å². The van der Waals surface area contributed by atoms with E-state index in [4.69, 9.17) is 10.5 Å². The molecular weight excluding hydrogens is 264 g/mol. The Bertz CT molecular complexity index is 584. The van der Waals surface area contributed by atoms with E-state index >= 15 is 0 Å². The molecule has 21 heavy (non-hydrogen) atoms. The Morgan fingerprint density at radius 2 is 1.95 bits per heavy atom. The van der Waals surface area contributed by atoms with Gasteiger partial charge in [0.15, 0.2) is 0 Å². The minimum Gasteiger partial charge on any atom is -0.465 e. The first-order chi connectivity index (χ1) is 10.2. The predicted molar refractivity (Wildman–Crippen MR) is 82.9 cm³/mol. The highest BCUT2D eigenvalue weighted by Crippen LogP contribution is 2.09. The van der Waals surface area contributed by atoms with Crippen molar-refractivity contribution in [3.8, 4) is 0 Å². The van der Waals surface area contributed by atoms with Gasteiger partial charge in [0, 0.05) is 19.1 Å². The second kappa shape index (κ2) is 7.57. The maximum atomic E-state index is 11.5. The van der Waals surface area contributed by atoms with Crippen LogP contribution in [0.2, 0.25) is 0 Å². The van der Waals surface area contributed by atoms with Crippen molar-refractivity contribution in [3.63, 3.8) is 0 Å². The fourth-order valence-corrected chi connectivity index (χ4v) is 2.12. The van der Waals surface area contributed by atoms with Crippen molar-refractivity contribution >= 4 is 5.97 Å².